The van der Waals surface area contributed by atoms with Crippen molar-refractivity contribution >= 4 is 22.0 Å². The molecule has 0 aliphatic carbocycles. The van der Waals surface area contributed by atoms with Crippen molar-refractivity contribution in [2.45, 2.75) is 43.0 Å². The number of amides is 1. The third kappa shape index (κ3) is 7.86. The number of alkyl halides is 3. The van der Waals surface area contributed by atoms with Crippen LogP contribution in [0.1, 0.15) is 34.0 Å². The molecular formula is C25H24F6N4O6S. The summed E-state index contributed by atoms with van der Waals surface area (Å²) in [5.41, 5.74) is 4.95. The summed E-state index contributed by atoms with van der Waals surface area (Å²) in [5, 5.41) is 0. The SMILES string of the molecule is COC(=O)c1nc(C(F)(F)F)n2c1CN(C(=O)C[C@H](N)Cc1cc(F)c(F)cc1F)CC2.O=S(=O)(O)c1ccccc1. The van der Waals surface area contributed by atoms with Crippen molar-refractivity contribution < 1.29 is 53.6 Å². The molecule has 2 heterocycles. The molecule has 10 nitrogen and oxygen atoms in total. The monoisotopic (exact) mass is 622 g/mol. The standard InChI is InChI=1S/C19H18F6N4O3.C6H6O3S/c1-32-17(31)16-14-8-28(2-3-29(14)18(27-16)19(23,24)25)15(30)6-10(26)4-9-5-12(21)13(22)7-11(9)20;7-10(8,9)6-4-2-1-3-5-6/h5,7,10H,2-4,6,8,26H2,1H3;1-5H,(H,7,8,9)/t10-;/m1./s1. The maximum atomic E-state index is 13.8. The highest BCUT2D eigenvalue weighted by Gasteiger charge is 2.42. The van der Waals surface area contributed by atoms with Gasteiger partial charge in [-0.3, -0.25) is 9.35 Å². The van der Waals surface area contributed by atoms with Gasteiger partial charge in [-0.1, -0.05) is 18.2 Å². The fraction of sp³-hybridized carbons (Fsp3) is 0.320. The second kappa shape index (κ2) is 12.9. The molecule has 1 aromatic heterocycles. The Morgan fingerprint density at radius 2 is 1.69 bits per heavy atom. The zero-order chi connectivity index (χ0) is 31.4. The summed E-state index contributed by atoms with van der Waals surface area (Å²) < 4.78 is 115. The van der Waals surface area contributed by atoms with Crippen LogP contribution in [0.3, 0.4) is 0 Å². The number of fused-ring (bicyclic) bond motifs is 1. The Bertz CT molecular complexity index is 1560. The summed E-state index contributed by atoms with van der Waals surface area (Å²) in [5.74, 6) is -6.57. The summed E-state index contributed by atoms with van der Waals surface area (Å²) in [6.07, 6.45) is -5.43. The van der Waals surface area contributed by atoms with Crippen LogP contribution in [-0.2, 0) is 45.3 Å². The van der Waals surface area contributed by atoms with Crippen molar-refractivity contribution in [3.05, 3.63) is 82.7 Å². The lowest BCUT2D eigenvalue weighted by Gasteiger charge is -2.30. The van der Waals surface area contributed by atoms with E-state index in [4.69, 9.17) is 10.3 Å². The summed E-state index contributed by atoms with van der Waals surface area (Å²) >= 11 is 0. The third-order valence-electron chi connectivity index (χ3n) is 6.04. The average Bonchev–Trinajstić information content (AvgIpc) is 3.31. The highest BCUT2D eigenvalue weighted by molar-refractivity contribution is 7.85. The van der Waals surface area contributed by atoms with E-state index in [0.717, 1.165) is 11.7 Å². The number of nitrogens with two attached hydrogens (primary N) is 1. The van der Waals surface area contributed by atoms with E-state index >= 15 is 0 Å². The first-order chi connectivity index (χ1) is 19.5. The number of rotatable bonds is 6. The zero-order valence-corrected chi connectivity index (χ0v) is 22.6. The van der Waals surface area contributed by atoms with E-state index in [9.17, 15) is 44.3 Å². The number of ether oxygens (including phenoxy) is 1. The smallest absolute Gasteiger partial charge is 0.449 e. The Kier molecular flexibility index (Phi) is 10.0. The Morgan fingerprint density at radius 3 is 2.24 bits per heavy atom. The minimum atomic E-state index is -4.82. The van der Waals surface area contributed by atoms with Gasteiger partial charge >= 0.3 is 12.1 Å². The van der Waals surface area contributed by atoms with Gasteiger partial charge in [0.25, 0.3) is 10.1 Å². The average molecular weight is 623 g/mol. The van der Waals surface area contributed by atoms with Crippen molar-refractivity contribution in [3.8, 4) is 0 Å². The normalized spacial score (nSPS) is 14.0. The second-order valence-electron chi connectivity index (χ2n) is 9.00. The van der Waals surface area contributed by atoms with Crippen LogP contribution in [-0.4, -0.2) is 59.0 Å². The van der Waals surface area contributed by atoms with Gasteiger partial charge in [0.15, 0.2) is 17.3 Å². The molecular weight excluding hydrogens is 598 g/mol. The Balaban J connectivity index is 0.000000408. The number of imidazole rings is 1. The molecule has 1 amide bonds. The molecule has 3 N–H and O–H groups in total. The van der Waals surface area contributed by atoms with E-state index < -0.39 is 63.2 Å². The minimum Gasteiger partial charge on any atom is -0.464 e. The van der Waals surface area contributed by atoms with E-state index in [2.05, 4.69) is 9.72 Å². The van der Waals surface area contributed by atoms with Crippen LogP contribution in [0.15, 0.2) is 47.4 Å². The molecule has 0 bridgehead atoms. The fourth-order valence-corrected chi connectivity index (χ4v) is 4.58. The molecule has 228 valence electrons. The second-order valence-corrected chi connectivity index (χ2v) is 10.4. The number of esters is 1. The molecule has 3 aromatic rings. The zero-order valence-electron chi connectivity index (χ0n) is 21.7. The van der Waals surface area contributed by atoms with Crippen LogP contribution in [0.5, 0.6) is 0 Å². The van der Waals surface area contributed by atoms with Crippen LogP contribution in [0.2, 0.25) is 0 Å². The maximum Gasteiger partial charge on any atom is 0.449 e. The lowest BCUT2D eigenvalue weighted by Crippen LogP contribution is -2.42. The van der Waals surface area contributed by atoms with Gasteiger partial charge in [-0.05, 0) is 30.2 Å². The van der Waals surface area contributed by atoms with Crippen LogP contribution < -0.4 is 5.73 Å². The molecule has 0 spiro atoms. The molecule has 42 heavy (non-hydrogen) atoms. The molecule has 0 unspecified atom stereocenters. The number of hydrogen-bond donors (Lipinski definition) is 2. The molecule has 2 aromatic carbocycles. The topological polar surface area (TPSA) is 145 Å². The van der Waals surface area contributed by atoms with Gasteiger partial charge < -0.3 is 19.9 Å². The molecule has 0 fully saturated rings. The highest BCUT2D eigenvalue weighted by Crippen LogP contribution is 2.32. The number of benzene rings is 2. The minimum absolute atomic E-state index is 0.0741. The number of carbonyl (C=O) groups excluding carboxylic acids is 2. The van der Waals surface area contributed by atoms with Crippen molar-refractivity contribution in [1.29, 1.82) is 0 Å². The van der Waals surface area contributed by atoms with E-state index in [1.807, 2.05) is 0 Å². The van der Waals surface area contributed by atoms with E-state index in [1.54, 1.807) is 18.2 Å². The van der Waals surface area contributed by atoms with E-state index in [-0.39, 0.29) is 48.6 Å². The van der Waals surface area contributed by atoms with Crippen molar-refractivity contribution in [3.63, 3.8) is 0 Å². The Morgan fingerprint density at radius 1 is 1.07 bits per heavy atom. The van der Waals surface area contributed by atoms with Crippen molar-refractivity contribution in [1.82, 2.24) is 14.5 Å². The first-order valence-corrected chi connectivity index (χ1v) is 13.4. The summed E-state index contributed by atoms with van der Waals surface area (Å²) in [6, 6.07) is 7.47. The van der Waals surface area contributed by atoms with Gasteiger partial charge in [-0.2, -0.15) is 21.6 Å². The molecule has 0 saturated heterocycles. The van der Waals surface area contributed by atoms with Gasteiger partial charge in [0, 0.05) is 31.6 Å². The number of aromatic nitrogens is 2. The lowest BCUT2D eigenvalue weighted by molar-refractivity contribution is -0.148. The predicted octanol–water partition coefficient (Wildman–Crippen LogP) is 3.34. The van der Waals surface area contributed by atoms with Crippen molar-refractivity contribution in [2.75, 3.05) is 13.7 Å². The Labute approximate surface area is 235 Å². The summed E-state index contributed by atoms with van der Waals surface area (Å²) in [4.78, 5) is 29.0. The summed E-state index contributed by atoms with van der Waals surface area (Å²) in [7, 11) is -3.01. The molecule has 0 saturated carbocycles. The predicted molar refractivity (Wildman–Crippen MR) is 133 cm³/mol. The summed E-state index contributed by atoms with van der Waals surface area (Å²) in [6.45, 7) is -0.732. The van der Waals surface area contributed by atoms with Gasteiger partial charge in [0.1, 0.15) is 5.82 Å². The quantitative estimate of drug-likeness (QED) is 0.184. The fourth-order valence-electron chi connectivity index (χ4n) is 4.08. The number of nitrogens with zero attached hydrogens (tertiary/aromatic N) is 3. The lowest BCUT2D eigenvalue weighted by atomic mass is 10.0. The number of carbonyl (C=O) groups is 2. The molecule has 1 aliphatic rings. The molecule has 17 heteroatoms. The van der Waals surface area contributed by atoms with Crippen LogP contribution >= 0.6 is 0 Å². The number of halogens is 6. The highest BCUT2D eigenvalue weighted by atomic mass is 32.2. The Hall–Kier alpha value is -3.96. The van der Waals surface area contributed by atoms with Gasteiger partial charge in [-0.15, -0.1) is 0 Å². The van der Waals surface area contributed by atoms with E-state index in [1.165, 1.54) is 17.0 Å². The van der Waals surface area contributed by atoms with Crippen LogP contribution in [0, 0.1) is 17.5 Å². The first-order valence-electron chi connectivity index (χ1n) is 12.0. The van der Waals surface area contributed by atoms with E-state index in [0.29, 0.717) is 12.1 Å². The van der Waals surface area contributed by atoms with Gasteiger partial charge in [-0.25, -0.2) is 22.9 Å². The molecule has 1 aliphatic heterocycles. The largest absolute Gasteiger partial charge is 0.464 e. The third-order valence-corrected chi connectivity index (χ3v) is 6.91. The first kappa shape index (κ1) is 32.6. The van der Waals surface area contributed by atoms with Crippen LogP contribution in [0.4, 0.5) is 26.3 Å². The number of methoxy groups -OCH3 is 1. The maximum absolute atomic E-state index is 13.8. The van der Waals surface area contributed by atoms with Crippen molar-refractivity contribution in [2.24, 2.45) is 5.73 Å². The molecule has 4 rings (SSSR count). The molecule has 1 atom stereocenters. The number of hydrogen-bond acceptors (Lipinski definition) is 7. The van der Waals surface area contributed by atoms with Gasteiger partial charge in [0.05, 0.1) is 24.2 Å². The van der Waals surface area contributed by atoms with Gasteiger partial charge in [0.2, 0.25) is 11.7 Å². The molecule has 0 radical (unpaired) electrons. The van der Waals surface area contributed by atoms with Crippen LogP contribution in [0.25, 0.3) is 0 Å².